The lowest BCUT2D eigenvalue weighted by atomic mass is 10.0. The van der Waals surface area contributed by atoms with Gasteiger partial charge in [-0.25, -0.2) is 0 Å². The molecule has 2 nitrogen and oxygen atoms in total. The first-order valence-corrected chi connectivity index (χ1v) is 3.77. The Bertz CT molecular complexity index is 151. The van der Waals surface area contributed by atoms with Gasteiger partial charge < -0.3 is 5.32 Å². The van der Waals surface area contributed by atoms with Crippen LogP contribution in [0.3, 0.4) is 0 Å². The molecule has 2 heteroatoms. The molecule has 10 heavy (non-hydrogen) atoms. The van der Waals surface area contributed by atoms with Crippen LogP contribution in [0.1, 0.15) is 19.8 Å². The molecule has 0 saturated heterocycles. The van der Waals surface area contributed by atoms with Crippen molar-refractivity contribution in [1.29, 1.82) is 0 Å². The zero-order valence-corrected chi connectivity index (χ0v) is 6.26. The minimum Gasteiger partial charge on any atom is -0.352 e. The summed E-state index contributed by atoms with van der Waals surface area (Å²) in [6.45, 7) is 2.98. The van der Waals surface area contributed by atoms with E-state index in [-0.39, 0.29) is 5.91 Å². The normalized spacial score (nSPS) is 25.7. The Kier molecular flexibility index (Phi) is 2.49. The molecule has 0 spiro atoms. The van der Waals surface area contributed by atoms with E-state index < -0.39 is 0 Å². The fourth-order valence-electron chi connectivity index (χ4n) is 1.07. The minimum atomic E-state index is 0.0518. The predicted molar refractivity (Wildman–Crippen MR) is 40.5 cm³/mol. The molecule has 0 bridgehead atoms. The molecule has 1 aliphatic rings. The highest BCUT2D eigenvalue weighted by Gasteiger charge is 2.08. The third-order valence-corrected chi connectivity index (χ3v) is 1.88. The molecule has 0 saturated carbocycles. The maximum Gasteiger partial charge on any atom is 0.243 e. The summed E-state index contributed by atoms with van der Waals surface area (Å²) in [5.74, 6) is 0.693. The van der Waals surface area contributed by atoms with Crippen molar-refractivity contribution < 1.29 is 4.79 Å². The number of carbonyl (C=O) groups is 1. The van der Waals surface area contributed by atoms with Crippen LogP contribution in [0.5, 0.6) is 0 Å². The average molecular weight is 139 g/mol. The van der Waals surface area contributed by atoms with E-state index in [0.717, 1.165) is 19.4 Å². The van der Waals surface area contributed by atoms with Gasteiger partial charge in [-0.1, -0.05) is 19.4 Å². The summed E-state index contributed by atoms with van der Waals surface area (Å²) < 4.78 is 0. The van der Waals surface area contributed by atoms with Crippen molar-refractivity contribution in [2.24, 2.45) is 5.92 Å². The van der Waals surface area contributed by atoms with E-state index in [9.17, 15) is 4.79 Å². The second-order valence-electron chi connectivity index (χ2n) is 2.66. The van der Waals surface area contributed by atoms with E-state index in [1.54, 1.807) is 6.08 Å². The van der Waals surface area contributed by atoms with Crippen molar-refractivity contribution in [3.63, 3.8) is 0 Å². The van der Waals surface area contributed by atoms with E-state index in [1.165, 1.54) is 0 Å². The number of nitrogens with one attached hydrogen (secondary N) is 1. The number of allylic oxidation sites excluding steroid dienone is 1. The fraction of sp³-hybridized carbons (Fsp3) is 0.625. The lowest BCUT2D eigenvalue weighted by Gasteiger charge is -2.08. The number of hydrogen-bond acceptors (Lipinski definition) is 1. The summed E-state index contributed by atoms with van der Waals surface area (Å²) >= 11 is 0. The molecule has 1 unspecified atom stereocenters. The number of hydrogen-bond donors (Lipinski definition) is 1. The molecule has 0 fully saturated rings. The maximum atomic E-state index is 10.7. The molecule has 1 atom stereocenters. The van der Waals surface area contributed by atoms with Crippen molar-refractivity contribution in [2.75, 3.05) is 6.54 Å². The Labute approximate surface area is 61.3 Å². The summed E-state index contributed by atoms with van der Waals surface area (Å²) in [6, 6.07) is 0. The van der Waals surface area contributed by atoms with Gasteiger partial charge >= 0.3 is 0 Å². The number of rotatable bonds is 1. The van der Waals surface area contributed by atoms with Crippen LogP contribution >= 0.6 is 0 Å². The minimum absolute atomic E-state index is 0.0518. The van der Waals surface area contributed by atoms with Crippen molar-refractivity contribution in [3.8, 4) is 0 Å². The maximum absolute atomic E-state index is 10.7. The molecule has 0 aromatic heterocycles. The third-order valence-electron chi connectivity index (χ3n) is 1.88. The Morgan fingerprint density at radius 1 is 1.80 bits per heavy atom. The standard InChI is InChI=1S/C8H13NO/c1-2-7-4-3-5-8(10)9-6-7/h3,5,7H,2,4,6H2,1H3,(H,9,10). The molecule has 0 aromatic rings. The summed E-state index contributed by atoms with van der Waals surface area (Å²) in [5.41, 5.74) is 0. The fourth-order valence-corrected chi connectivity index (χ4v) is 1.07. The third kappa shape index (κ3) is 1.87. The van der Waals surface area contributed by atoms with Crippen molar-refractivity contribution in [1.82, 2.24) is 5.32 Å². The van der Waals surface area contributed by atoms with Crippen LogP contribution in [0.4, 0.5) is 0 Å². The first-order chi connectivity index (χ1) is 4.83. The highest BCUT2D eigenvalue weighted by molar-refractivity contribution is 5.87. The van der Waals surface area contributed by atoms with Gasteiger partial charge in [0.1, 0.15) is 0 Å². The quantitative estimate of drug-likeness (QED) is 0.579. The molecule has 1 heterocycles. The second kappa shape index (κ2) is 3.40. The van der Waals surface area contributed by atoms with E-state index in [2.05, 4.69) is 12.2 Å². The molecular weight excluding hydrogens is 126 g/mol. The highest BCUT2D eigenvalue weighted by Crippen LogP contribution is 2.09. The molecule has 1 N–H and O–H groups in total. The van der Waals surface area contributed by atoms with Gasteiger partial charge in [-0.3, -0.25) is 4.79 Å². The molecule has 56 valence electrons. The van der Waals surface area contributed by atoms with Crippen LogP contribution in [-0.4, -0.2) is 12.5 Å². The van der Waals surface area contributed by atoms with Gasteiger partial charge in [0.25, 0.3) is 0 Å². The largest absolute Gasteiger partial charge is 0.352 e. The van der Waals surface area contributed by atoms with Gasteiger partial charge in [0, 0.05) is 6.54 Å². The first kappa shape index (κ1) is 7.32. The van der Waals surface area contributed by atoms with Gasteiger partial charge in [0.15, 0.2) is 0 Å². The molecule has 1 aliphatic heterocycles. The lowest BCUT2D eigenvalue weighted by molar-refractivity contribution is -0.116. The molecule has 0 aliphatic carbocycles. The van der Waals surface area contributed by atoms with Crippen LogP contribution < -0.4 is 5.32 Å². The van der Waals surface area contributed by atoms with E-state index in [1.807, 2.05) is 6.08 Å². The number of carbonyl (C=O) groups excluding carboxylic acids is 1. The molecular formula is C8H13NO. The summed E-state index contributed by atoms with van der Waals surface area (Å²) in [5, 5.41) is 2.82. The summed E-state index contributed by atoms with van der Waals surface area (Å²) in [4.78, 5) is 10.7. The molecule has 0 radical (unpaired) electrons. The highest BCUT2D eigenvalue weighted by atomic mass is 16.1. The van der Waals surface area contributed by atoms with Crippen LogP contribution in [0.25, 0.3) is 0 Å². The SMILES string of the molecule is CCC1CC=CC(=O)NC1. The Hall–Kier alpha value is -0.790. The smallest absolute Gasteiger partial charge is 0.243 e. The van der Waals surface area contributed by atoms with Crippen LogP contribution in [-0.2, 0) is 4.79 Å². The zero-order valence-electron chi connectivity index (χ0n) is 6.26. The first-order valence-electron chi connectivity index (χ1n) is 3.77. The summed E-state index contributed by atoms with van der Waals surface area (Å²) in [6.07, 6.45) is 5.76. The second-order valence-corrected chi connectivity index (χ2v) is 2.66. The molecule has 1 amide bonds. The Balaban J connectivity index is 2.44. The molecule has 1 rings (SSSR count). The monoisotopic (exact) mass is 139 g/mol. The van der Waals surface area contributed by atoms with Crippen LogP contribution in [0.15, 0.2) is 12.2 Å². The van der Waals surface area contributed by atoms with Crippen molar-refractivity contribution in [2.45, 2.75) is 19.8 Å². The lowest BCUT2D eigenvalue weighted by Crippen LogP contribution is -2.25. The topological polar surface area (TPSA) is 29.1 Å². The van der Waals surface area contributed by atoms with E-state index in [0.29, 0.717) is 5.92 Å². The van der Waals surface area contributed by atoms with E-state index in [4.69, 9.17) is 0 Å². The van der Waals surface area contributed by atoms with Gasteiger partial charge in [0.2, 0.25) is 5.91 Å². The Morgan fingerprint density at radius 3 is 3.30 bits per heavy atom. The van der Waals surface area contributed by atoms with Crippen LogP contribution in [0, 0.1) is 5.92 Å². The summed E-state index contributed by atoms with van der Waals surface area (Å²) in [7, 11) is 0. The van der Waals surface area contributed by atoms with Crippen LogP contribution in [0.2, 0.25) is 0 Å². The van der Waals surface area contributed by atoms with Gasteiger partial charge in [-0.05, 0) is 18.4 Å². The number of amides is 1. The Morgan fingerprint density at radius 2 is 2.60 bits per heavy atom. The van der Waals surface area contributed by atoms with E-state index >= 15 is 0 Å². The van der Waals surface area contributed by atoms with Gasteiger partial charge in [-0.2, -0.15) is 0 Å². The average Bonchev–Trinajstić information content (AvgIpc) is 2.14. The predicted octanol–water partition coefficient (Wildman–Crippen LogP) is 1.09. The van der Waals surface area contributed by atoms with Crippen molar-refractivity contribution >= 4 is 5.91 Å². The zero-order chi connectivity index (χ0) is 7.40. The molecule has 0 aromatic carbocycles. The van der Waals surface area contributed by atoms with Gasteiger partial charge in [-0.15, -0.1) is 0 Å². The van der Waals surface area contributed by atoms with Gasteiger partial charge in [0.05, 0.1) is 0 Å². The van der Waals surface area contributed by atoms with Crippen molar-refractivity contribution in [3.05, 3.63) is 12.2 Å².